The maximum atomic E-state index is 13.5. The lowest BCUT2D eigenvalue weighted by Gasteiger charge is -2.29. The van der Waals surface area contributed by atoms with Crippen molar-refractivity contribution in [1.29, 1.82) is 0 Å². The van der Waals surface area contributed by atoms with Gasteiger partial charge in [-0.2, -0.15) is 0 Å². The lowest BCUT2D eigenvalue weighted by molar-refractivity contribution is -0.0361. The van der Waals surface area contributed by atoms with Gasteiger partial charge in [-0.3, -0.25) is 0 Å². The number of anilines is 1. The van der Waals surface area contributed by atoms with Crippen molar-refractivity contribution >= 4 is 27.9 Å². The molecular formula is C20H20F2N6. The van der Waals surface area contributed by atoms with Crippen LogP contribution in [0.3, 0.4) is 0 Å². The van der Waals surface area contributed by atoms with Gasteiger partial charge in [-0.1, -0.05) is 12.1 Å². The molecule has 1 saturated carbocycles. The average molecular weight is 382 g/mol. The second-order valence-electron chi connectivity index (χ2n) is 7.45. The Labute approximate surface area is 160 Å². The predicted molar refractivity (Wildman–Crippen MR) is 104 cm³/mol. The van der Waals surface area contributed by atoms with E-state index in [4.69, 9.17) is 4.98 Å². The summed E-state index contributed by atoms with van der Waals surface area (Å²) in [6, 6.07) is 7.82. The molecule has 8 heteroatoms. The van der Waals surface area contributed by atoms with Gasteiger partial charge in [-0.25, -0.2) is 23.7 Å². The van der Waals surface area contributed by atoms with E-state index < -0.39 is 5.92 Å². The molecule has 0 saturated heterocycles. The van der Waals surface area contributed by atoms with Gasteiger partial charge >= 0.3 is 0 Å². The number of para-hydroxylation sites is 2. The molecule has 3 aromatic heterocycles. The number of hydrogen-bond acceptors (Lipinski definition) is 4. The molecule has 0 radical (unpaired) electrons. The SMILES string of the molecule is Cn1cc(-c2nc3ccccc3[nH]2)c2c(NC3CCC(F)(F)CC3)ncnc21. The number of alkyl halides is 2. The first-order valence-corrected chi connectivity index (χ1v) is 9.40. The van der Waals surface area contributed by atoms with Gasteiger partial charge in [0.1, 0.15) is 23.6 Å². The van der Waals surface area contributed by atoms with E-state index in [2.05, 4.69) is 20.3 Å². The molecule has 1 aliphatic rings. The molecule has 28 heavy (non-hydrogen) atoms. The van der Waals surface area contributed by atoms with Crippen molar-refractivity contribution in [3.8, 4) is 11.4 Å². The van der Waals surface area contributed by atoms with Gasteiger partial charge in [0, 0.05) is 37.7 Å². The number of aromatic amines is 1. The van der Waals surface area contributed by atoms with E-state index in [9.17, 15) is 8.78 Å². The second-order valence-corrected chi connectivity index (χ2v) is 7.45. The summed E-state index contributed by atoms with van der Waals surface area (Å²) >= 11 is 0. The number of aryl methyl sites for hydroxylation is 1. The van der Waals surface area contributed by atoms with Crippen LogP contribution in [-0.4, -0.2) is 36.5 Å². The summed E-state index contributed by atoms with van der Waals surface area (Å²) in [5, 5.41) is 4.23. The highest BCUT2D eigenvalue weighted by atomic mass is 19.3. The van der Waals surface area contributed by atoms with Crippen LogP contribution in [0.1, 0.15) is 25.7 Å². The van der Waals surface area contributed by atoms with E-state index in [1.54, 1.807) is 0 Å². The van der Waals surface area contributed by atoms with Crippen molar-refractivity contribution in [3.63, 3.8) is 0 Å². The van der Waals surface area contributed by atoms with Gasteiger partial charge in [-0.15, -0.1) is 0 Å². The predicted octanol–water partition coefficient (Wildman–Crippen LogP) is 4.50. The van der Waals surface area contributed by atoms with Gasteiger partial charge in [-0.05, 0) is 25.0 Å². The van der Waals surface area contributed by atoms with E-state index in [0.717, 1.165) is 33.5 Å². The van der Waals surface area contributed by atoms with Gasteiger partial charge in [0.25, 0.3) is 0 Å². The van der Waals surface area contributed by atoms with E-state index in [1.807, 2.05) is 42.1 Å². The van der Waals surface area contributed by atoms with Crippen LogP contribution in [-0.2, 0) is 7.05 Å². The summed E-state index contributed by atoms with van der Waals surface area (Å²) in [5.41, 5.74) is 3.50. The topological polar surface area (TPSA) is 71.4 Å². The monoisotopic (exact) mass is 382 g/mol. The van der Waals surface area contributed by atoms with Crippen LogP contribution in [0.25, 0.3) is 33.5 Å². The number of H-pyrrole nitrogens is 1. The molecule has 0 spiro atoms. The lowest BCUT2D eigenvalue weighted by atomic mass is 9.92. The average Bonchev–Trinajstić information content (AvgIpc) is 3.25. The smallest absolute Gasteiger partial charge is 0.248 e. The third-order valence-corrected chi connectivity index (χ3v) is 5.46. The zero-order chi connectivity index (χ0) is 19.3. The summed E-state index contributed by atoms with van der Waals surface area (Å²) in [6.07, 6.45) is 4.13. The molecule has 2 N–H and O–H groups in total. The molecule has 0 aliphatic heterocycles. The molecule has 1 aliphatic carbocycles. The normalized spacial score (nSPS) is 17.4. The van der Waals surface area contributed by atoms with Gasteiger partial charge in [0.05, 0.1) is 16.4 Å². The fraction of sp³-hybridized carbons (Fsp3) is 0.350. The quantitative estimate of drug-likeness (QED) is 0.547. The van der Waals surface area contributed by atoms with Crippen LogP contribution in [0.2, 0.25) is 0 Å². The van der Waals surface area contributed by atoms with Crippen LogP contribution in [0.15, 0.2) is 36.8 Å². The minimum Gasteiger partial charge on any atom is -0.367 e. The largest absolute Gasteiger partial charge is 0.367 e. The highest BCUT2D eigenvalue weighted by Gasteiger charge is 2.35. The maximum Gasteiger partial charge on any atom is 0.248 e. The minimum atomic E-state index is -2.55. The number of fused-ring (bicyclic) bond motifs is 2. The number of nitrogens with zero attached hydrogens (tertiary/aromatic N) is 4. The number of benzene rings is 1. The number of imidazole rings is 1. The number of halogens is 2. The molecule has 4 aromatic rings. The second kappa shape index (κ2) is 6.25. The third-order valence-electron chi connectivity index (χ3n) is 5.46. The first-order chi connectivity index (χ1) is 13.5. The van der Waals surface area contributed by atoms with E-state index >= 15 is 0 Å². The molecule has 0 bridgehead atoms. The fourth-order valence-electron chi connectivity index (χ4n) is 3.96. The van der Waals surface area contributed by atoms with Gasteiger partial charge in [0.15, 0.2) is 0 Å². The Morgan fingerprint density at radius 2 is 1.96 bits per heavy atom. The Kier molecular flexibility index (Phi) is 3.82. The summed E-state index contributed by atoms with van der Waals surface area (Å²) in [5.74, 6) is -1.15. The maximum absolute atomic E-state index is 13.5. The lowest BCUT2D eigenvalue weighted by Crippen LogP contribution is -2.32. The van der Waals surface area contributed by atoms with Crippen LogP contribution >= 0.6 is 0 Å². The highest BCUT2D eigenvalue weighted by Crippen LogP contribution is 2.37. The molecule has 0 unspecified atom stereocenters. The van der Waals surface area contributed by atoms with Crippen LogP contribution in [0, 0.1) is 0 Å². The van der Waals surface area contributed by atoms with Crippen molar-refractivity contribution in [2.45, 2.75) is 37.6 Å². The molecule has 5 rings (SSSR count). The number of rotatable bonds is 3. The molecule has 0 amide bonds. The molecule has 144 valence electrons. The minimum absolute atomic E-state index is 0.0264. The molecule has 3 heterocycles. The molecule has 1 fully saturated rings. The zero-order valence-corrected chi connectivity index (χ0v) is 15.4. The van der Waals surface area contributed by atoms with E-state index in [0.29, 0.717) is 18.7 Å². The van der Waals surface area contributed by atoms with Crippen molar-refractivity contribution in [2.24, 2.45) is 7.05 Å². The summed E-state index contributed by atoms with van der Waals surface area (Å²) < 4.78 is 28.9. The fourth-order valence-corrected chi connectivity index (χ4v) is 3.96. The highest BCUT2D eigenvalue weighted by molar-refractivity contribution is 6.01. The number of nitrogens with one attached hydrogen (secondary N) is 2. The van der Waals surface area contributed by atoms with Gasteiger partial charge in [0.2, 0.25) is 5.92 Å². The Hall–Kier alpha value is -3.03. The standard InChI is InChI=1S/C20H20F2N6/c1-28-10-13(17-26-14-4-2-3-5-15(14)27-17)16-18(23-11-24-19(16)28)25-12-6-8-20(21,22)9-7-12/h2-5,10-12H,6-9H2,1H3,(H,26,27)(H,23,24,25). The van der Waals surface area contributed by atoms with Crippen molar-refractivity contribution in [2.75, 3.05) is 5.32 Å². The van der Waals surface area contributed by atoms with Gasteiger partial charge < -0.3 is 14.9 Å². The van der Waals surface area contributed by atoms with Crippen molar-refractivity contribution in [1.82, 2.24) is 24.5 Å². The van der Waals surface area contributed by atoms with Crippen LogP contribution < -0.4 is 5.32 Å². The van der Waals surface area contributed by atoms with Crippen molar-refractivity contribution < 1.29 is 8.78 Å². The van der Waals surface area contributed by atoms with Crippen molar-refractivity contribution in [3.05, 3.63) is 36.8 Å². The van der Waals surface area contributed by atoms with Crippen LogP contribution in [0.4, 0.5) is 14.6 Å². The Morgan fingerprint density at radius 3 is 2.75 bits per heavy atom. The molecular weight excluding hydrogens is 362 g/mol. The Balaban J connectivity index is 1.57. The van der Waals surface area contributed by atoms with E-state index in [1.165, 1.54) is 6.33 Å². The van der Waals surface area contributed by atoms with Crippen LogP contribution in [0.5, 0.6) is 0 Å². The summed E-state index contributed by atoms with van der Waals surface area (Å²) in [7, 11) is 1.92. The Bertz CT molecular complexity index is 1120. The van der Waals surface area contributed by atoms with E-state index in [-0.39, 0.29) is 18.9 Å². The molecule has 1 aromatic carbocycles. The first kappa shape index (κ1) is 17.1. The summed E-state index contributed by atoms with van der Waals surface area (Å²) in [4.78, 5) is 16.9. The first-order valence-electron chi connectivity index (χ1n) is 9.40. The number of aromatic nitrogens is 5. The summed E-state index contributed by atoms with van der Waals surface area (Å²) in [6.45, 7) is 0. The molecule has 6 nitrogen and oxygen atoms in total. The zero-order valence-electron chi connectivity index (χ0n) is 15.4. The third kappa shape index (κ3) is 2.89. The Morgan fingerprint density at radius 1 is 1.18 bits per heavy atom. The number of hydrogen-bond donors (Lipinski definition) is 2. The molecule has 0 atom stereocenters.